The second kappa shape index (κ2) is 4.33. The summed E-state index contributed by atoms with van der Waals surface area (Å²) < 4.78 is 4.99. The van der Waals surface area contributed by atoms with Crippen LogP contribution in [-0.2, 0) is 0 Å². The molecule has 0 aliphatic carbocycles. The highest BCUT2D eigenvalue weighted by atomic mass is 16.3. The lowest BCUT2D eigenvalue weighted by Crippen LogP contribution is -2.08. The van der Waals surface area contributed by atoms with Crippen molar-refractivity contribution in [3.8, 4) is 22.6 Å². The van der Waals surface area contributed by atoms with Crippen molar-refractivity contribution in [1.29, 1.82) is 0 Å². The van der Waals surface area contributed by atoms with Gasteiger partial charge in [0, 0.05) is 11.6 Å². The largest absolute Gasteiger partial charge is 0.472 e. The third kappa shape index (κ3) is 1.96. The van der Waals surface area contributed by atoms with Crippen molar-refractivity contribution in [2.75, 3.05) is 0 Å². The van der Waals surface area contributed by atoms with Gasteiger partial charge in [-0.05, 0) is 6.07 Å². The highest BCUT2D eigenvalue weighted by Gasteiger charge is 2.06. The molecule has 0 saturated heterocycles. The average molecular weight is 238 g/mol. The first kappa shape index (κ1) is 10.5. The molecule has 0 atom stereocenters. The highest BCUT2D eigenvalue weighted by Crippen LogP contribution is 2.19. The molecule has 18 heavy (non-hydrogen) atoms. The predicted molar refractivity (Wildman–Crippen MR) is 68.0 cm³/mol. The van der Waals surface area contributed by atoms with Crippen molar-refractivity contribution in [3.63, 3.8) is 0 Å². The van der Waals surface area contributed by atoms with Gasteiger partial charge in [0.1, 0.15) is 12.1 Å². The number of hydrogen-bond acceptors (Lipinski definition) is 3. The number of aromatic amines is 1. The molecule has 0 spiro atoms. The Bertz CT molecular complexity index is 700. The van der Waals surface area contributed by atoms with Gasteiger partial charge >= 0.3 is 0 Å². The summed E-state index contributed by atoms with van der Waals surface area (Å²) in [6, 6.07) is 12.8. The van der Waals surface area contributed by atoms with Gasteiger partial charge in [0.25, 0.3) is 5.56 Å². The fraction of sp³-hybridized carbons (Fsp3) is 0. The standard InChI is InChI=1S/C14H10N2O2/c17-13-8-12(10-4-2-1-3-5-10)15-14(16-13)11-6-7-18-9-11/h1-9H,(H,15,16,17). The smallest absolute Gasteiger partial charge is 0.251 e. The highest BCUT2D eigenvalue weighted by molar-refractivity contribution is 5.62. The van der Waals surface area contributed by atoms with E-state index in [1.54, 1.807) is 18.6 Å². The summed E-state index contributed by atoms with van der Waals surface area (Å²) in [6.07, 6.45) is 3.09. The van der Waals surface area contributed by atoms with Crippen LogP contribution in [-0.4, -0.2) is 9.97 Å². The minimum absolute atomic E-state index is 0.181. The van der Waals surface area contributed by atoms with Crippen molar-refractivity contribution < 1.29 is 4.42 Å². The van der Waals surface area contributed by atoms with Gasteiger partial charge in [0.15, 0.2) is 0 Å². The molecule has 1 N–H and O–H groups in total. The van der Waals surface area contributed by atoms with Crippen LogP contribution < -0.4 is 5.56 Å². The minimum Gasteiger partial charge on any atom is -0.472 e. The third-order valence-electron chi connectivity index (χ3n) is 2.61. The van der Waals surface area contributed by atoms with E-state index in [9.17, 15) is 4.79 Å². The number of aromatic nitrogens is 2. The molecule has 0 bridgehead atoms. The first-order valence-electron chi connectivity index (χ1n) is 5.52. The first-order valence-corrected chi connectivity index (χ1v) is 5.52. The lowest BCUT2D eigenvalue weighted by Gasteiger charge is -2.02. The first-order chi connectivity index (χ1) is 8.83. The molecule has 4 nitrogen and oxygen atoms in total. The molecular weight excluding hydrogens is 228 g/mol. The van der Waals surface area contributed by atoms with Crippen LogP contribution in [0.4, 0.5) is 0 Å². The maximum Gasteiger partial charge on any atom is 0.251 e. The molecule has 0 saturated carbocycles. The molecule has 2 heterocycles. The van der Waals surface area contributed by atoms with Crippen molar-refractivity contribution in [1.82, 2.24) is 9.97 Å². The maximum absolute atomic E-state index is 11.7. The lowest BCUT2D eigenvalue weighted by molar-refractivity contribution is 0.568. The van der Waals surface area contributed by atoms with Crippen LogP contribution >= 0.6 is 0 Å². The number of nitrogens with one attached hydrogen (secondary N) is 1. The zero-order valence-corrected chi connectivity index (χ0v) is 9.46. The van der Waals surface area contributed by atoms with E-state index >= 15 is 0 Å². The van der Waals surface area contributed by atoms with E-state index in [-0.39, 0.29) is 5.56 Å². The Hall–Kier alpha value is -2.62. The molecule has 3 aromatic rings. The molecule has 0 amide bonds. The number of benzene rings is 1. The SMILES string of the molecule is O=c1cc(-c2ccccc2)nc(-c2ccoc2)[nH]1. The second-order valence-corrected chi connectivity index (χ2v) is 3.86. The number of H-pyrrole nitrogens is 1. The van der Waals surface area contributed by atoms with Gasteiger partial charge in [-0.3, -0.25) is 4.79 Å². The molecule has 88 valence electrons. The Morgan fingerprint density at radius 1 is 1.06 bits per heavy atom. The maximum atomic E-state index is 11.7. The minimum atomic E-state index is -0.181. The number of hydrogen-bond donors (Lipinski definition) is 1. The Morgan fingerprint density at radius 3 is 2.61 bits per heavy atom. The molecule has 0 aliphatic rings. The Kier molecular flexibility index (Phi) is 2.53. The predicted octanol–water partition coefficient (Wildman–Crippen LogP) is 2.70. The van der Waals surface area contributed by atoms with Crippen LogP contribution in [0.25, 0.3) is 22.6 Å². The van der Waals surface area contributed by atoms with Gasteiger partial charge in [-0.1, -0.05) is 30.3 Å². The van der Waals surface area contributed by atoms with E-state index in [0.29, 0.717) is 11.5 Å². The van der Waals surface area contributed by atoms with Gasteiger partial charge < -0.3 is 9.40 Å². The van der Waals surface area contributed by atoms with Crippen LogP contribution in [0.15, 0.2) is 64.2 Å². The van der Waals surface area contributed by atoms with E-state index in [2.05, 4.69) is 9.97 Å². The summed E-state index contributed by atoms with van der Waals surface area (Å²) in [6.45, 7) is 0. The summed E-state index contributed by atoms with van der Waals surface area (Å²) in [5.74, 6) is 0.509. The Labute approximate surface area is 103 Å². The zero-order valence-electron chi connectivity index (χ0n) is 9.46. The van der Waals surface area contributed by atoms with Gasteiger partial charge in [0.2, 0.25) is 0 Å². The molecular formula is C14H10N2O2. The molecule has 0 fully saturated rings. The van der Waals surface area contributed by atoms with Crippen LogP contribution in [0.1, 0.15) is 0 Å². The summed E-state index contributed by atoms with van der Waals surface area (Å²) >= 11 is 0. The van der Waals surface area contributed by atoms with E-state index in [1.165, 1.54) is 6.07 Å². The molecule has 0 aliphatic heterocycles. The second-order valence-electron chi connectivity index (χ2n) is 3.86. The van der Waals surface area contributed by atoms with Crippen molar-refractivity contribution in [2.45, 2.75) is 0 Å². The van der Waals surface area contributed by atoms with Crippen molar-refractivity contribution >= 4 is 0 Å². The topological polar surface area (TPSA) is 58.9 Å². The molecule has 1 aromatic carbocycles. The van der Waals surface area contributed by atoms with Gasteiger partial charge in [-0.25, -0.2) is 4.98 Å². The number of furan rings is 1. The summed E-state index contributed by atoms with van der Waals surface area (Å²) in [7, 11) is 0. The van der Waals surface area contributed by atoms with E-state index in [1.807, 2.05) is 30.3 Å². The summed E-state index contributed by atoms with van der Waals surface area (Å²) in [4.78, 5) is 18.8. The van der Waals surface area contributed by atoms with Gasteiger partial charge in [0.05, 0.1) is 17.5 Å². The van der Waals surface area contributed by atoms with Crippen LogP contribution in [0, 0.1) is 0 Å². The van der Waals surface area contributed by atoms with Gasteiger partial charge in [-0.15, -0.1) is 0 Å². The van der Waals surface area contributed by atoms with E-state index in [4.69, 9.17) is 4.42 Å². The Morgan fingerprint density at radius 2 is 1.89 bits per heavy atom. The number of rotatable bonds is 2. The molecule has 3 rings (SSSR count). The monoisotopic (exact) mass is 238 g/mol. The van der Waals surface area contributed by atoms with Crippen molar-refractivity contribution in [2.24, 2.45) is 0 Å². The molecule has 0 radical (unpaired) electrons. The normalized spacial score (nSPS) is 10.4. The number of nitrogens with zero attached hydrogens (tertiary/aromatic N) is 1. The fourth-order valence-electron chi connectivity index (χ4n) is 1.75. The lowest BCUT2D eigenvalue weighted by atomic mass is 10.1. The third-order valence-corrected chi connectivity index (χ3v) is 2.61. The quantitative estimate of drug-likeness (QED) is 0.746. The Balaban J connectivity index is 2.15. The fourth-order valence-corrected chi connectivity index (χ4v) is 1.75. The van der Waals surface area contributed by atoms with Crippen LogP contribution in [0.2, 0.25) is 0 Å². The zero-order chi connectivity index (χ0) is 12.4. The van der Waals surface area contributed by atoms with E-state index < -0.39 is 0 Å². The van der Waals surface area contributed by atoms with Crippen LogP contribution in [0.5, 0.6) is 0 Å². The van der Waals surface area contributed by atoms with E-state index in [0.717, 1.165) is 11.1 Å². The molecule has 4 heteroatoms. The van der Waals surface area contributed by atoms with Gasteiger partial charge in [-0.2, -0.15) is 0 Å². The van der Waals surface area contributed by atoms with Crippen LogP contribution in [0.3, 0.4) is 0 Å². The molecule has 2 aromatic heterocycles. The van der Waals surface area contributed by atoms with Crippen molar-refractivity contribution in [3.05, 3.63) is 65.3 Å². The summed E-state index contributed by atoms with van der Waals surface area (Å²) in [5.41, 5.74) is 2.13. The molecule has 0 unspecified atom stereocenters. The average Bonchev–Trinajstić information content (AvgIpc) is 2.93. The summed E-state index contributed by atoms with van der Waals surface area (Å²) in [5, 5.41) is 0.